The predicted molar refractivity (Wildman–Crippen MR) is 115 cm³/mol. The number of fused-ring (bicyclic) bond motifs is 1. The van der Waals surface area contributed by atoms with Gasteiger partial charge in [-0.25, -0.2) is 4.98 Å². The van der Waals surface area contributed by atoms with Gasteiger partial charge in [0.2, 0.25) is 0 Å². The number of methoxy groups -OCH3 is 3. The summed E-state index contributed by atoms with van der Waals surface area (Å²) >= 11 is 0. The van der Waals surface area contributed by atoms with E-state index in [1.165, 1.54) is 7.11 Å². The minimum absolute atomic E-state index is 0.216. The van der Waals surface area contributed by atoms with Crippen LogP contribution in [0.5, 0.6) is 23.0 Å². The molecule has 0 unspecified atom stereocenters. The van der Waals surface area contributed by atoms with Crippen molar-refractivity contribution in [3.63, 3.8) is 0 Å². The van der Waals surface area contributed by atoms with Crippen LogP contribution in [0.1, 0.15) is 18.3 Å². The van der Waals surface area contributed by atoms with Gasteiger partial charge in [0.1, 0.15) is 5.82 Å². The van der Waals surface area contributed by atoms with Crippen LogP contribution in [0.25, 0.3) is 10.9 Å². The Morgan fingerprint density at radius 2 is 1.60 bits per heavy atom. The minimum atomic E-state index is -0.216. The standard InChI is InChI=1S/C22H27N3O5/c1-6-30-17-8-7-14(9-18(17)27-3)12-25(2)13-21-23-16-11-20(29-5)19(28-4)10-15(16)22(26)24-21/h7-11H,6,12-13H2,1-5H3,(H,23,24,26). The van der Waals surface area contributed by atoms with Crippen LogP contribution in [0.4, 0.5) is 0 Å². The fourth-order valence-corrected chi connectivity index (χ4v) is 3.30. The Hall–Kier alpha value is -3.26. The summed E-state index contributed by atoms with van der Waals surface area (Å²) in [5.41, 5.74) is 1.40. The highest BCUT2D eigenvalue weighted by atomic mass is 16.5. The smallest absolute Gasteiger partial charge is 0.258 e. The number of benzene rings is 2. The number of hydrogen-bond acceptors (Lipinski definition) is 7. The second-order valence-corrected chi connectivity index (χ2v) is 6.83. The van der Waals surface area contributed by atoms with Gasteiger partial charge in [0.15, 0.2) is 23.0 Å². The average molecular weight is 413 g/mol. The first kappa shape index (κ1) is 21.4. The predicted octanol–water partition coefficient (Wildman–Crippen LogP) is 2.98. The molecule has 2 aromatic carbocycles. The highest BCUT2D eigenvalue weighted by Crippen LogP contribution is 2.30. The lowest BCUT2D eigenvalue weighted by atomic mass is 10.2. The maximum atomic E-state index is 12.5. The van der Waals surface area contributed by atoms with E-state index in [-0.39, 0.29) is 5.56 Å². The summed E-state index contributed by atoms with van der Waals surface area (Å²) in [7, 11) is 6.67. The first-order chi connectivity index (χ1) is 14.5. The first-order valence-corrected chi connectivity index (χ1v) is 9.62. The summed E-state index contributed by atoms with van der Waals surface area (Å²) < 4.78 is 21.6. The normalized spacial score (nSPS) is 11.0. The van der Waals surface area contributed by atoms with Crippen molar-refractivity contribution < 1.29 is 18.9 Å². The number of hydrogen-bond donors (Lipinski definition) is 1. The molecule has 0 saturated carbocycles. The Labute approximate surface area is 175 Å². The van der Waals surface area contributed by atoms with Gasteiger partial charge in [-0.05, 0) is 37.7 Å². The van der Waals surface area contributed by atoms with Crippen LogP contribution in [-0.2, 0) is 13.1 Å². The van der Waals surface area contributed by atoms with Gasteiger partial charge in [-0.2, -0.15) is 0 Å². The molecule has 0 aliphatic rings. The minimum Gasteiger partial charge on any atom is -0.493 e. The molecular formula is C22H27N3O5. The summed E-state index contributed by atoms with van der Waals surface area (Å²) in [5.74, 6) is 3.01. The van der Waals surface area contributed by atoms with E-state index in [4.69, 9.17) is 18.9 Å². The van der Waals surface area contributed by atoms with Crippen LogP contribution in [0.3, 0.4) is 0 Å². The Morgan fingerprint density at radius 1 is 0.933 bits per heavy atom. The van der Waals surface area contributed by atoms with Gasteiger partial charge < -0.3 is 23.9 Å². The molecule has 0 saturated heterocycles. The molecule has 160 valence electrons. The third-order valence-electron chi connectivity index (χ3n) is 4.66. The van der Waals surface area contributed by atoms with Crippen molar-refractivity contribution in [1.82, 2.24) is 14.9 Å². The lowest BCUT2D eigenvalue weighted by molar-refractivity contribution is 0.302. The molecule has 0 aliphatic carbocycles. The highest BCUT2D eigenvalue weighted by Gasteiger charge is 2.13. The average Bonchev–Trinajstić information content (AvgIpc) is 2.74. The van der Waals surface area contributed by atoms with E-state index in [1.54, 1.807) is 26.4 Å². The van der Waals surface area contributed by atoms with Gasteiger partial charge in [0, 0.05) is 12.6 Å². The lowest BCUT2D eigenvalue weighted by Crippen LogP contribution is -2.22. The van der Waals surface area contributed by atoms with E-state index in [0.29, 0.717) is 53.7 Å². The Bertz CT molecular complexity index is 1080. The Balaban J connectivity index is 1.81. The van der Waals surface area contributed by atoms with E-state index >= 15 is 0 Å². The van der Waals surface area contributed by atoms with E-state index in [9.17, 15) is 4.79 Å². The van der Waals surface area contributed by atoms with Gasteiger partial charge in [-0.1, -0.05) is 6.07 Å². The van der Waals surface area contributed by atoms with Crippen molar-refractivity contribution in [1.29, 1.82) is 0 Å². The van der Waals surface area contributed by atoms with Gasteiger partial charge in [-0.3, -0.25) is 9.69 Å². The third kappa shape index (κ3) is 4.65. The maximum Gasteiger partial charge on any atom is 0.258 e. The van der Waals surface area contributed by atoms with Crippen molar-refractivity contribution >= 4 is 10.9 Å². The zero-order valence-corrected chi connectivity index (χ0v) is 17.9. The second-order valence-electron chi connectivity index (χ2n) is 6.83. The Kier molecular flexibility index (Phi) is 6.79. The maximum absolute atomic E-state index is 12.5. The molecule has 0 radical (unpaired) electrons. The molecule has 0 aliphatic heterocycles. The van der Waals surface area contributed by atoms with Crippen LogP contribution in [0, 0.1) is 0 Å². The quantitative estimate of drug-likeness (QED) is 0.577. The third-order valence-corrected chi connectivity index (χ3v) is 4.66. The summed E-state index contributed by atoms with van der Waals surface area (Å²) in [6.45, 7) is 3.63. The second kappa shape index (κ2) is 9.49. The number of rotatable bonds is 9. The molecule has 30 heavy (non-hydrogen) atoms. The van der Waals surface area contributed by atoms with Gasteiger partial charge in [0.25, 0.3) is 5.56 Å². The summed E-state index contributed by atoms with van der Waals surface area (Å²) in [4.78, 5) is 22.1. The fourth-order valence-electron chi connectivity index (χ4n) is 3.30. The molecule has 0 atom stereocenters. The number of H-pyrrole nitrogens is 1. The SMILES string of the molecule is CCOc1ccc(CN(C)Cc2nc3cc(OC)c(OC)cc3c(=O)[nH]2)cc1OC. The zero-order chi connectivity index (χ0) is 21.7. The molecule has 0 bridgehead atoms. The van der Waals surface area contributed by atoms with E-state index < -0.39 is 0 Å². The topological polar surface area (TPSA) is 85.9 Å². The molecule has 8 nitrogen and oxygen atoms in total. The number of nitrogens with one attached hydrogen (secondary N) is 1. The van der Waals surface area contributed by atoms with Crippen molar-refractivity contribution in [3.8, 4) is 23.0 Å². The molecule has 1 aromatic heterocycles. The molecule has 1 heterocycles. The fraction of sp³-hybridized carbons (Fsp3) is 0.364. The van der Waals surface area contributed by atoms with Crippen LogP contribution >= 0.6 is 0 Å². The van der Waals surface area contributed by atoms with E-state index in [2.05, 4.69) is 14.9 Å². The van der Waals surface area contributed by atoms with Crippen molar-refractivity contribution in [3.05, 3.63) is 52.1 Å². The molecule has 8 heteroatoms. The van der Waals surface area contributed by atoms with Crippen LogP contribution < -0.4 is 24.5 Å². The summed E-state index contributed by atoms with van der Waals surface area (Å²) in [6, 6.07) is 9.21. The number of nitrogens with zero attached hydrogens (tertiary/aromatic N) is 2. The van der Waals surface area contributed by atoms with Crippen LogP contribution in [-0.4, -0.2) is 49.9 Å². The Morgan fingerprint density at radius 3 is 2.27 bits per heavy atom. The molecule has 0 fully saturated rings. The van der Waals surface area contributed by atoms with E-state index in [1.807, 2.05) is 32.2 Å². The van der Waals surface area contributed by atoms with Crippen molar-refractivity contribution in [2.24, 2.45) is 0 Å². The first-order valence-electron chi connectivity index (χ1n) is 9.62. The van der Waals surface area contributed by atoms with Crippen molar-refractivity contribution in [2.75, 3.05) is 35.0 Å². The molecule has 3 rings (SSSR count). The van der Waals surface area contributed by atoms with E-state index in [0.717, 1.165) is 11.3 Å². The monoisotopic (exact) mass is 413 g/mol. The van der Waals surface area contributed by atoms with Crippen LogP contribution in [0.2, 0.25) is 0 Å². The number of aromatic amines is 1. The number of aromatic nitrogens is 2. The molecule has 0 spiro atoms. The largest absolute Gasteiger partial charge is 0.493 e. The van der Waals surface area contributed by atoms with Gasteiger partial charge >= 0.3 is 0 Å². The molecule has 1 N–H and O–H groups in total. The highest BCUT2D eigenvalue weighted by molar-refractivity contribution is 5.81. The molecule has 0 amide bonds. The zero-order valence-electron chi connectivity index (χ0n) is 17.9. The summed E-state index contributed by atoms with van der Waals surface area (Å²) in [5, 5.41) is 0.454. The van der Waals surface area contributed by atoms with Gasteiger partial charge in [0.05, 0.1) is 45.4 Å². The van der Waals surface area contributed by atoms with Crippen molar-refractivity contribution in [2.45, 2.75) is 20.0 Å². The van der Waals surface area contributed by atoms with Crippen LogP contribution in [0.15, 0.2) is 35.1 Å². The molecule has 3 aromatic rings. The molecular weight excluding hydrogens is 386 g/mol. The van der Waals surface area contributed by atoms with Gasteiger partial charge in [-0.15, -0.1) is 0 Å². The summed E-state index contributed by atoms with van der Waals surface area (Å²) in [6.07, 6.45) is 0. The number of ether oxygens (including phenoxy) is 4. The lowest BCUT2D eigenvalue weighted by Gasteiger charge is -2.18.